The molecular weight excluding hydrogens is 242 g/mol. The van der Waals surface area contributed by atoms with Crippen molar-refractivity contribution in [3.63, 3.8) is 0 Å². The minimum absolute atomic E-state index is 0.0782. The monoisotopic (exact) mass is 263 g/mol. The number of carbonyl (C=O) groups is 1. The Morgan fingerprint density at radius 3 is 2.59 bits per heavy atom. The van der Waals surface area contributed by atoms with Gasteiger partial charge >= 0.3 is 0 Å². The molecule has 4 nitrogen and oxygen atoms in total. The number of hydrogen-bond acceptors (Lipinski definition) is 3. The normalized spacial score (nSPS) is 17.8. The minimum atomic E-state index is 0.0782. The maximum Gasteiger partial charge on any atom is 0.248 e. The van der Waals surface area contributed by atoms with Crippen molar-refractivity contribution in [1.82, 2.24) is 4.90 Å². The highest BCUT2D eigenvalue weighted by atomic mass is 35.5. The topological polar surface area (TPSA) is 38.8 Å². The molecule has 0 aromatic heterocycles. The van der Waals surface area contributed by atoms with E-state index in [9.17, 15) is 4.79 Å². The number of ether oxygens (including phenoxy) is 2. The first-order valence-electron chi connectivity index (χ1n) is 6.20. The fraction of sp³-hybridized carbons (Fsp3) is 0.917. The van der Waals surface area contributed by atoms with Gasteiger partial charge in [0.2, 0.25) is 5.91 Å². The zero-order valence-corrected chi connectivity index (χ0v) is 11.4. The predicted molar refractivity (Wildman–Crippen MR) is 67.4 cm³/mol. The molecule has 1 heterocycles. The average Bonchev–Trinajstić information content (AvgIpc) is 2.34. The van der Waals surface area contributed by atoms with Crippen LogP contribution in [0.4, 0.5) is 0 Å². The smallest absolute Gasteiger partial charge is 0.248 e. The van der Waals surface area contributed by atoms with Gasteiger partial charge in [0.15, 0.2) is 0 Å². The minimum Gasteiger partial charge on any atom is -0.377 e. The van der Waals surface area contributed by atoms with Gasteiger partial charge in [-0.1, -0.05) is 0 Å². The first-order chi connectivity index (χ1) is 8.13. The van der Waals surface area contributed by atoms with Gasteiger partial charge in [-0.15, -0.1) is 11.6 Å². The van der Waals surface area contributed by atoms with Crippen molar-refractivity contribution in [3.8, 4) is 0 Å². The van der Waals surface area contributed by atoms with Crippen LogP contribution < -0.4 is 0 Å². The zero-order chi connectivity index (χ0) is 12.7. The van der Waals surface area contributed by atoms with Crippen molar-refractivity contribution in [2.24, 2.45) is 0 Å². The van der Waals surface area contributed by atoms with E-state index in [1.54, 1.807) is 0 Å². The first kappa shape index (κ1) is 14.7. The summed E-state index contributed by atoms with van der Waals surface area (Å²) < 4.78 is 10.9. The lowest BCUT2D eigenvalue weighted by Gasteiger charge is -2.32. The fourth-order valence-electron chi connectivity index (χ4n) is 1.81. The van der Waals surface area contributed by atoms with Gasteiger partial charge in [-0.2, -0.15) is 0 Å². The molecule has 0 bridgehead atoms. The van der Waals surface area contributed by atoms with Crippen LogP contribution in [-0.2, 0) is 14.3 Å². The van der Waals surface area contributed by atoms with Gasteiger partial charge in [0.05, 0.1) is 18.8 Å². The maximum absolute atomic E-state index is 11.8. The van der Waals surface area contributed by atoms with E-state index in [1.165, 1.54) is 0 Å². The molecule has 1 aliphatic heterocycles. The molecule has 1 fully saturated rings. The van der Waals surface area contributed by atoms with Gasteiger partial charge in [0, 0.05) is 19.0 Å². The van der Waals surface area contributed by atoms with Crippen LogP contribution in [0.2, 0.25) is 0 Å². The van der Waals surface area contributed by atoms with E-state index in [0.29, 0.717) is 12.5 Å². The molecule has 0 saturated carbocycles. The molecule has 1 saturated heterocycles. The Hall–Kier alpha value is -0.320. The highest BCUT2D eigenvalue weighted by Gasteiger charge is 2.23. The van der Waals surface area contributed by atoms with E-state index in [4.69, 9.17) is 21.1 Å². The quantitative estimate of drug-likeness (QED) is 0.684. The van der Waals surface area contributed by atoms with Crippen LogP contribution in [0.25, 0.3) is 0 Å². The summed E-state index contributed by atoms with van der Waals surface area (Å²) in [5.41, 5.74) is 0. The Balaban J connectivity index is 2.19. The van der Waals surface area contributed by atoms with Crippen LogP contribution in [0.3, 0.4) is 0 Å². The SMILES string of the molecule is CC(C)OCC(=O)N1CCC(OCCCl)CC1. The van der Waals surface area contributed by atoms with Gasteiger partial charge in [0.25, 0.3) is 0 Å². The third-order valence-corrected chi connectivity index (χ3v) is 2.92. The Morgan fingerprint density at radius 2 is 2.06 bits per heavy atom. The maximum atomic E-state index is 11.8. The molecule has 1 aliphatic rings. The van der Waals surface area contributed by atoms with Crippen molar-refractivity contribution in [2.45, 2.75) is 38.9 Å². The van der Waals surface area contributed by atoms with Crippen LogP contribution in [-0.4, -0.2) is 55.2 Å². The lowest BCUT2D eigenvalue weighted by molar-refractivity contribution is -0.140. The van der Waals surface area contributed by atoms with Crippen LogP contribution in [0.1, 0.15) is 26.7 Å². The van der Waals surface area contributed by atoms with E-state index in [2.05, 4.69) is 0 Å². The molecule has 0 radical (unpaired) electrons. The molecule has 0 aliphatic carbocycles. The number of alkyl halides is 1. The zero-order valence-electron chi connectivity index (χ0n) is 10.7. The lowest BCUT2D eigenvalue weighted by atomic mass is 10.1. The van der Waals surface area contributed by atoms with E-state index >= 15 is 0 Å². The molecule has 100 valence electrons. The standard InChI is InChI=1S/C12H22ClNO3/c1-10(2)17-9-12(15)14-6-3-11(4-7-14)16-8-5-13/h10-11H,3-9H2,1-2H3. The van der Waals surface area contributed by atoms with Gasteiger partial charge < -0.3 is 14.4 Å². The van der Waals surface area contributed by atoms with E-state index in [0.717, 1.165) is 25.9 Å². The molecule has 0 aromatic carbocycles. The second-order valence-electron chi connectivity index (χ2n) is 4.50. The van der Waals surface area contributed by atoms with Crippen LogP contribution in [0.5, 0.6) is 0 Å². The largest absolute Gasteiger partial charge is 0.377 e. The number of hydrogen-bond donors (Lipinski definition) is 0. The second kappa shape index (κ2) is 7.90. The number of halogens is 1. The molecule has 0 unspecified atom stereocenters. The number of amides is 1. The summed E-state index contributed by atoms with van der Waals surface area (Å²) in [4.78, 5) is 13.6. The summed E-state index contributed by atoms with van der Waals surface area (Å²) >= 11 is 5.56. The Morgan fingerprint density at radius 1 is 1.41 bits per heavy atom. The van der Waals surface area contributed by atoms with Gasteiger partial charge in [-0.3, -0.25) is 4.79 Å². The average molecular weight is 264 g/mol. The van der Waals surface area contributed by atoms with Crippen molar-refractivity contribution >= 4 is 17.5 Å². The van der Waals surface area contributed by atoms with Crippen LogP contribution in [0.15, 0.2) is 0 Å². The third-order valence-electron chi connectivity index (χ3n) is 2.77. The molecule has 1 rings (SSSR count). The molecule has 17 heavy (non-hydrogen) atoms. The first-order valence-corrected chi connectivity index (χ1v) is 6.74. The summed E-state index contributed by atoms with van der Waals surface area (Å²) in [6.07, 6.45) is 2.14. The molecular formula is C12H22ClNO3. The molecule has 1 amide bonds. The second-order valence-corrected chi connectivity index (χ2v) is 4.88. The Labute approximate surface area is 108 Å². The number of piperidine rings is 1. The van der Waals surface area contributed by atoms with Gasteiger partial charge in [-0.25, -0.2) is 0 Å². The summed E-state index contributed by atoms with van der Waals surface area (Å²) in [7, 11) is 0. The molecule has 5 heteroatoms. The summed E-state index contributed by atoms with van der Waals surface area (Å²) in [6, 6.07) is 0. The Kier molecular flexibility index (Phi) is 6.85. The van der Waals surface area contributed by atoms with Gasteiger partial charge in [-0.05, 0) is 26.7 Å². The number of carbonyl (C=O) groups excluding carboxylic acids is 1. The van der Waals surface area contributed by atoms with E-state index in [1.807, 2.05) is 18.7 Å². The van der Waals surface area contributed by atoms with Crippen LogP contribution >= 0.6 is 11.6 Å². The molecule has 0 atom stereocenters. The molecule has 0 N–H and O–H groups in total. The van der Waals surface area contributed by atoms with Crippen molar-refractivity contribution < 1.29 is 14.3 Å². The third kappa shape index (κ3) is 5.70. The van der Waals surface area contributed by atoms with Gasteiger partial charge in [0.1, 0.15) is 6.61 Å². The van der Waals surface area contributed by atoms with E-state index in [-0.39, 0.29) is 24.7 Å². The highest BCUT2D eigenvalue weighted by Crippen LogP contribution is 2.14. The Bertz CT molecular complexity index is 228. The fourth-order valence-corrected chi connectivity index (χ4v) is 1.90. The number of likely N-dealkylation sites (tertiary alicyclic amines) is 1. The summed E-state index contributed by atoms with van der Waals surface area (Å²) in [6.45, 7) is 6.15. The number of rotatable bonds is 6. The summed E-state index contributed by atoms with van der Waals surface area (Å²) in [5, 5.41) is 0. The summed E-state index contributed by atoms with van der Waals surface area (Å²) in [5.74, 6) is 0.607. The molecule has 0 spiro atoms. The lowest BCUT2D eigenvalue weighted by Crippen LogP contribution is -2.42. The van der Waals surface area contributed by atoms with Crippen molar-refractivity contribution in [2.75, 3.05) is 32.2 Å². The molecule has 0 aromatic rings. The van der Waals surface area contributed by atoms with Crippen molar-refractivity contribution in [3.05, 3.63) is 0 Å². The predicted octanol–water partition coefficient (Wildman–Crippen LogP) is 1.66. The number of nitrogens with zero attached hydrogens (tertiary/aromatic N) is 1. The highest BCUT2D eigenvalue weighted by molar-refractivity contribution is 6.17. The van der Waals surface area contributed by atoms with Crippen LogP contribution in [0, 0.1) is 0 Å². The van der Waals surface area contributed by atoms with E-state index < -0.39 is 0 Å². The van der Waals surface area contributed by atoms with Crippen molar-refractivity contribution in [1.29, 1.82) is 0 Å².